The molecule has 3 rings (SSSR count). The van der Waals surface area contributed by atoms with Crippen LogP contribution in [0, 0.1) is 5.92 Å². The highest BCUT2D eigenvalue weighted by atomic mass is 79.9. The third-order valence-electron chi connectivity index (χ3n) is 4.85. The lowest BCUT2D eigenvalue weighted by molar-refractivity contribution is 0.447. The largest absolute Gasteiger partial charge is 0.371 e. The van der Waals surface area contributed by atoms with Gasteiger partial charge >= 0.3 is 0 Å². The summed E-state index contributed by atoms with van der Waals surface area (Å²) < 4.78 is 1.03. The van der Waals surface area contributed by atoms with Gasteiger partial charge in [0.05, 0.1) is 6.04 Å². The maximum absolute atomic E-state index is 5.45. The molecule has 138 valence electrons. The fourth-order valence-corrected chi connectivity index (χ4v) is 4.10. The van der Waals surface area contributed by atoms with E-state index in [4.69, 9.17) is 12.2 Å². The van der Waals surface area contributed by atoms with E-state index in [9.17, 15) is 0 Å². The second-order valence-corrected chi connectivity index (χ2v) is 8.44. The molecule has 0 saturated carbocycles. The van der Waals surface area contributed by atoms with E-state index in [1.807, 2.05) is 24.3 Å². The molecule has 5 heteroatoms. The normalized spacial score (nSPS) is 18.3. The molecule has 0 aliphatic carbocycles. The molecule has 1 heterocycles. The molecule has 0 bridgehead atoms. The summed E-state index contributed by atoms with van der Waals surface area (Å²) in [6, 6.07) is 17.0. The van der Waals surface area contributed by atoms with Crippen LogP contribution in [0.25, 0.3) is 0 Å². The standard InChI is InChI=1S/C21H26BrN3S/c1-15-5-4-12-25(14-15)20-10-8-17(9-11-20)16(2)23-21(26)24-19-7-3-6-18(22)13-19/h3,6-11,13,15-16H,4-5,12,14H2,1-2H3,(H2,23,24,26)/t15-,16-/m0/s1. The molecular formula is C21H26BrN3S. The quantitative estimate of drug-likeness (QED) is 0.603. The molecule has 0 amide bonds. The van der Waals surface area contributed by atoms with Gasteiger partial charge in [-0.05, 0) is 73.8 Å². The highest BCUT2D eigenvalue weighted by Crippen LogP contribution is 2.24. The zero-order chi connectivity index (χ0) is 18.5. The number of thiocarbonyl (C=S) groups is 1. The van der Waals surface area contributed by atoms with E-state index in [1.54, 1.807) is 0 Å². The van der Waals surface area contributed by atoms with E-state index in [0.717, 1.165) is 29.2 Å². The summed E-state index contributed by atoms with van der Waals surface area (Å²) in [4.78, 5) is 2.50. The fraction of sp³-hybridized carbons (Fsp3) is 0.381. The Morgan fingerprint density at radius 3 is 2.69 bits per heavy atom. The van der Waals surface area contributed by atoms with Gasteiger partial charge in [-0.2, -0.15) is 0 Å². The molecule has 2 atom stereocenters. The number of nitrogens with one attached hydrogen (secondary N) is 2. The number of nitrogens with zero attached hydrogens (tertiary/aromatic N) is 1. The van der Waals surface area contributed by atoms with E-state index in [2.05, 4.69) is 69.6 Å². The van der Waals surface area contributed by atoms with Crippen LogP contribution in [0.3, 0.4) is 0 Å². The lowest BCUT2D eigenvalue weighted by Crippen LogP contribution is -2.34. The molecule has 2 aromatic carbocycles. The van der Waals surface area contributed by atoms with Crippen LogP contribution in [0.15, 0.2) is 53.0 Å². The molecule has 0 aromatic heterocycles. The Bertz CT molecular complexity index is 747. The Morgan fingerprint density at radius 2 is 2.00 bits per heavy atom. The summed E-state index contributed by atoms with van der Waals surface area (Å²) in [5, 5.41) is 7.22. The van der Waals surface area contributed by atoms with Gasteiger partial charge in [-0.25, -0.2) is 0 Å². The van der Waals surface area contributed by atoms with E-state index < -0.39 is 0 Å². The minimum Gasteiger partial charge on any atom is -0.371 e. The summed E-state index contributed by atoms with van der Waals surface area (Å²) in [6.07, 6.45) is 2.63. The molecule has 1 fully saturated rings. The molecule has 0 spiro atoms. The first kappa shape index (κ1) is 19.2. The summed E-state index contributed by atoms with van der Waals surface area (Å²) in [5.41, 5.74) is 3.53. The number of hydrogen-bond acceptors (Lipinski definition) is 2. The van der Waals surface area contributed by atoms with Crippen molar-refractivity contribution in [3.05, 3.63) is 58.6 Å². The molecule has 3 nitrogen and oxygen atoms in total. The second-order valence-electron chi connectivity index (χ2n) is 7.12. The van der Waals surface area contributed by atoms with Crippen molar-refractivity contribution in [3.8, 4) is 0 Å². The number of halogens is 1. The van der Waals surface area contributed by atoms with Gasteiger partial charge < -0.3 is 15.5 Å². The Kier molecular flexibility index (Phi) is 6.54. The predicted molar refractivity (Wildman–Crippen MR) is 119 cm³/mol. The van der Waals surface area contributed by atoms with E-state index in [0.29, 0.717) is 5.11 Å². The smallest absolute Gasteiger partial charge is 0.171 e. The van der Waals surface area contributed by atoms with Crippen LogP contribution >= 0.6 is 28.1 Å². The van der Waals surface area contributed by atoms with Gasteiger partial charge in [0.2, 0.25) is 0 Å². The molecule has 2 N–H and O–H groups in total. The Labute approximate surface area is 170 Å². The molecule has 26 heavy (non-hydrogen) atoms. The molecule has 0 unspecified atom stereocenters. The van der Waals surface area contributed by atoms with Crippen molar-refractivity contribution in [3.63, 3.8) is 0 Å². The first-order valence-electron chi connectivity index (χ1n) is 9.19. The van der Waals surface area contributed by atoms with Crippen molar-refractivity contribution in [2.75, 3.05) is 23.3 Å². The SMILES string of the molecule is C[C@H]1CCCN(c2ccc([C@H](C)NC(=S)Nc3cccc(Br)c3)cc2)C1. The topological polar surface area (TPSA) is 27.3 Å². The van der Waals surface area contributed by atoms with Crippen molar-refractivity contribution < 1.29 is 0 Å². The highest BCUT2D eigenvalue weighted by molar-refractivity contribution is 9.10. The first-order valence-corrected chi connectivity index (χ1v) is 10.4. The Hall–Kier alpha value is -1.59. The lowest BCUT2D eigenvalue weighted by atomic mass is 9.99. The van der Waals surface area contributed by atoms with Crippen molar-refractivity contribution in [1.82, 2.24) is 5.32 Å². The van der Waals surface area contributed by atoms with Gasteiger partial charge in [0, 0.05) is 28.9 Å². The summed E-state index contributed by atoms with van der Waals surface area (Å²) in [5.74, 6) is 0.783. The third kappa shape index (κ3) is 5.21. The number of piperidine rings is 1. The van der Waals surface area contributed by atoms with Crippen molar-refractivity contribution in [2.45, 2.75) is 32.7 Å². The van der Waals surface area contributed by atoms with Crippen LogP contribution in [0.2, 0.25) is 0 Å². The van der Waals surface area contributed by atoms with Crippen LogP contribution in [0.5, 0.6) is 0 Å². The van der Waals surface area contributed by atoms with Gasteiger partial charge in [0.1, 0.15) is 0 Å². The monoisotopic (exact) mass is 431 g/mol. The Balaban J connectivity index is 1.57. The zero-order valence-electron chi connectivity index (χ0n) is 15.3. The van der Waals surface area contributed by atoms with Gasteiger partial charge in [0.15, 0.2) is 5.11 Å². The van der Waals surface area contributed by atoms with Gasteiger partial charge in [-0.15, -0.1) is 0 Å². The Morgan fingerprint density at radius 1 is 1.23 bits per heavy atom. The first-order chi connectivity index (χ1) is 12.5. The predicted octanol–water partition coefficient (Wildman–Crippen LogP) is 5.73. The van der Waals surface area contributed by atoms with Crippen molar-refractivity contribution >= 4 is 44.6 Å². The van der Waals surface area contributed by atoms with Crippen LogP contribution in [-0.2, 0) is 0 Å². The number of anilines is 2. The summed E-state index contributed by atoms with van der Waals surface area (Å²) >= 11 is 8.93. The molecule has 0 radical (unpaired) electrons. The average molecular weight is 432 g/mol. The molecule has 1 aliphatic heterocycles. The molecule has 1 aliphatic rings. The maximum atomic E-state index is 5.45. The van der Waals surface area contributed by atoms with Crippen molar-refractivity contribution in [2.24, 2.45) is 5.92 Å². The van der Waals surface area contributed by atoms with Crippen molar-refractivity contribution in [1.29, 1.82) is 0 Å². The average Bonchev–Trinajstić information content (AvgIpc) is 2.61. The third-order valence-corrected chi connectivity index (χ3v) is 5.56. The molecular weight excluding hydrogens is 406 g/mol. The number of hydrogen-bond donors (Lipinski definition) is 2. The molecule has 1 saturated heterocycles. The van der Waals surface area contributed by atoms with E-state index >= 15 is 0 Å². The minimum atomic E-state index is 0.150. The fourth-order valence-electron chi connectivity index (χ4n) is 3.41. The van der Waals surface area contributed by atoms with Gasteiger partial charge in [-0.3, -0.25) is 0 Å². The van der Waals surface area contributed by atoms with E-state index in [-0.39, 0.29) is 6.04 Å². The highest BCUT2D eigenvalue weighted by Gasteiger charge is 2.17. The van der Waals surface area contributed by atoms with Crippen LogP contribution in [0.1, 0.15) is 38.3 Å². The van der Waals surface area contributed by atoms with E-state index in [1.165, 1.54) is 24.1 Å². The summed E-state index contributed by atoms with van der Waals surface area (Å²) in [6.45, 7) is 6.80. The maximum Gasteiger partial charge on any atom is 0.171 e. The number of rotatable bonds is 4. The van der Waals surface area contributed by atoms with Gasteiger partial charge in [-0.1, -0.05) is 41.1 Å². The van der Waals surface area contributed by atoms with Crippen LogP contribution in [0.4, 0.5) is 11.4 Å². The lowest BCUT2D eigenvalue weighted by Gasteiger charge is -2.33. The van der Waals surface area contributed by atoms with Crippen LogP contribution in [-0.4, -0.2) is 18.2 Å². The summed E-state index contributed by atoms with van der Waals surface area (Å²) in [7, 11) is 0. The zero-order valence-corrected chi connectivity index (χ0v) is 17.7. The number of benzene rings is 2. The van der Waals surface area contributed by atoms with Crippen LogP contribution < -0.4 is 15.5 Å². The van der Waals surface area contributed by atoms with Gasteiger partial charge in [0.25, 0.3) is 0 Å². The minimum absolute atomic E-state index is 0.150. The molecule has 2 aromatic rings. The second kappa shape index (κ2) is 8.87.